The fourth-order valence-electron chi connectivity index (χ4n) is 7.08. The summed E-state index contributed by atoms with van der Waals surface area (Å²) >= 11 is 0. The Morgan fingerprint density at radius 2 is 1.13 bits per heavy atom. The maximum absolute atomic E-state index is 14.4. The number of benzene rings is 2. The largest absolute Gasteiger partial charge is 0.508 e. The van der Waals surface area contributed by atoms with Crippen LogP contribution in [0.4, 0.5) is 0 Å². The van der Waals surface area contributed by atoms with Crippen LogP contribution in [0.3, 0.4) is 0 Å². The third-order valence-electron chi connectivity index (χ3n) is 10.4. The van der Waals surface area contributed by atoms with E-state index in [4.69, 9.17) is 0 Å². The fraction of sp³-hybridized carbons (Fsp3) is 0.524. The topological polar surface area (TPSA) is 285 Å². The SMILES string of the molecule is CC(C)C[C@@H]1NC(=O)[C@H](C(C)C)NC(=O)[C@H](C)NC(=O)CNC(=O)[C@@H]2CCCN2C(=O)[C@H](Cc2ccc(O)cc2)NC(=O)[C@H](Cc2ccc(O)cc2)NC(=O)[C@H](CO)NC1=O. The number of rotatable bonds is 8. The van der Waals surface area contributed by atoms with Gasteiger partial charge in [-0.15, -0.1) is 0 Å². The molecule has 61 heavy (non-hydrogen) atoms. The Morgan fingerprint density at radius 3 is 1.69 bits per heavy atom. The van der Waals surface area contributed by atoms with Crippen molar-refractivity contribution in [3.8, 4) is 11.5 Å². The number of hydrogen-bond acceptors (Lipinski definition) is 11. The molecule has 0 aromatic heterocycles. The minimum Gasteiger partial charge on any atom is -0.508 e. The molecule has 2 heterocycles. The maximum atomic E-state index is 14.4. The molecule has 2 aliphatic rings. The van der Waals surface area contributed by atoms with E-state index in [0.717, 1.165) is 0 Å². The molecular weight excluding hydrogens is 793 g/mol. The summed E-state index contributed by atoms with van der Waals surface area (Å²) in [6.45, 7) is 6.99. The molecule has 0 saturated carbocycles. The average Bonchev–Trinajstić information content (AvgIpc) is 3.71. The van der Waals surface area contributed by atoms with Gasteiger partial charge in [-0.3, -0.25) is 38.4 Å². The van der Waals surface area contributed by atoms with Crippen LogP contribution in [-0.4, -0.2) is 129 Å². The second kappa shape index (κ2) is 21.8. The van der Waals surface area contributed by atoms with Crippen LogP contribution in [0.25, 0.3) is 0 Å². The predicted octanol–water partition coefficient (Wildman–Crippen LogP) is -1.37. The Balaban J connectivity index is 1.74. The van der Waals surface area contributed by atoms with Gasteiger partial charge in [-0.25, -0.2) is 0 Å². The number of carbonyl (C=O) groups excluding carboxylic acids is 8. The van der Waals surface area contributed by atoms with Crippen molar-refractivity contribution in [2.75, 3.05) is 19.7 Å². The number of aliphatic hydroxyl groups excluding tert-OH is 1. The Bertz CT molecular complexity index is 1910. The minimum atomic E-state index is -1.62. The van der Waals surface area contributed by atoms with Crippen LogP contribution < -0.4 is 37.2 Å². The van der Waals surface area contributed by atoms with E-state index in [2.05, 4.69) is 37.2 Å². The standard InChI is InChI=1S/C42H58N8O11/c1-22(2)17-29-37(56)48-32(21-51)39(58)45-30(18-25-8-12-27(52)13-9-25)38(57)47-31(19-26-10-14-28(53)15-11-26)42(61)50-16-6-7-33(50)40(59)43-20-34(54)44-24(5)36(55)49-35(23(3)4)41(60)46-29/h8-15,22-24,29-33,35,51-53H,6-7,16-21H2,1-5H3,(H,43,59)(H,44,54)(H,45,58)(H,46,60)(H,47,57)(H,48,56)(H,49,55)/t24-,29-,30-,31-,32-,33-,35-/m0/s1. The van der Waals surface area contributed by atoms with Gasteiger partial charge in [0.05, 0.1) is 13.2 Å². The van der Waals surface area contributed by atoms with Crippen LogP contribution in [-0.2, 0) is 51.2 Å². The monoisotopic (exact) mass is 850 g/mol. The summed E-state index contributed by atoms with van der Waals surface area (Å²) in [5, 5.41) is 48.2. The lowest BCUT2D eigenvalue weighted by Crippen LogP contribution is -2.61. The summed E-state index contributed by atoms with van der Waals surface area (Å²) in [7, 11) is 0. The van der Waals surface area contributed by atoms with Crippen LogP contribution in [0.15, 0.2) is 48.5 Å². The predicted molar refractivity (Wildman–Crippen MR) is 220 cm³/mol. The molecule has 0 aliphatic carbocycles. The maximum Gasteiger partial charge on any atom is 0.246 e. The highest BCUT2D eigenvalue weighted by Crippen LogP contribution is 2.21. The normalized spacial score (nSPS) is 25.6. The minimum absolute atomic E-state index is 0.0389. The van der Waals surface area contributed by atoms with Crippen molar-refractivity contribution >= 4 is 47.3 Å². The third-order valence-corrected chi connectivity index (χ3v) is 10.4. The van der Waals surface area contributed by atoms with Crippen LogP contribution in [0.1, 0.15) is 65.0 Å². The highest BCUT2D eigenvalue weighted by atomic mass is 16.3. The quantitative estimate of drug-likeness (QED) is 0.148. The number of nitrogens with one attached hydrogen (secondary N) is 7. The summed E-state index contributed by atoms with van der Waals surface area (Å²) in [6, 6.07) is 2.74. The molecule has 2 aromatic carbocycles. The Labute approximate surface area is 354 Å². The first-order valence-corrected chi connectivity index (χ1v) is 20.4. The van der Waals surface area contributed by atoms with Gasteiger partial charge in [-0.05, 0) is 73.4 Å². The first kappa shape index (κ1) is 47.4. The molecule has 4 rings (SSSR count). The van der Waals surface area contributed by atoms with E-state index in [1.807, 2.05) is 0 Å². The van der Waals surface area contributed by atoms with E-state index < -0.39 is 109 Å². The van der Waals surface area contributed by atoms with Crippen LogP contribution in [0.2, 0.25) is 0 Å². The van der Waals surface area contributed by atoms with Gasteiger partial charge >= 0.3 is 0 Å². The summed E-state index contributed by atoms with van der Waals surface area (Å²) in [4.78, 5) is 111. The van der Waals surface area contributed by atoms with E-state index in [1.165, 1.54) is 48.2 Å². The number of nitrogens with zero attached hydrogens (tertiary/aromatic N) is 1. The molecule has 0 unspecified atom stereocenters. The number of fused-ring (bicyclic) bond motifs is 1. The molecule has 0 bridgehead atoms. The van der Waals surface area contributed by atoms with Gasteiger partial charge in [-0.1, -0.05) is 52.0 Å². The molecule has 2 aliphatic heterocycles. The van der Waals surface area contributed by atoms with Gasteiger partial charge in [0, 0.05) is 19.4 Å². The Hall–Kier alpha value is -6.24. The molecule has 2 saturated heterocycles. The molecule has 19 heteroatoms. The highest BCUT2D eigenvalue weighted by Gasteiger charge is 2.39. The second-order valence-corrected chi connectivity index (χ2v) is 16.2. The van der Waals surface area contributed by atoms with E-state index in [-0.39, 0.29) is 49.6 Å². The van der Waals surface area contributed by atoms with Gasteiger partial charge in [0.15, 0.2) is 0 Å². The van der Waals surface area contributed by atoms with Crippen molar-refractivity contribution in [2.45, 2.75) is 109 Å². The van der Waals surface area contributed by atoms with Gasteiger partial charge in [-0.2, -0.15) is 0 Å². The summed E-state index contributed by atoms with van der Waals surface area (Å²) in [5.74, 6) is -6.84. The number of hydrogen-bond donors (Lipinski definition) is 10. The van der Waals surface area contributed by atoms with Crippen molar-refractivity contribution < 1.29 is 53.7 Å². The molecule has 0 radical (unpaired) electrons. The number of carbonyl (C=O) groups is 8. The van der Waals surface area contributed by atoms with Crippen molar-refractivity contribution in [3.05, 3.63) is 59.7 Å². The molecule has 332 valence electrons. The van der Waals surface area contributed by atoms with Gasteiger partial charge in [0.2, 0.25) is 47.3 Å². The zero-order valence-corrected chi connectivity index (χ0v) is 35.0. The number of aliphatic hydroxyl groups is 1. The number of phenolic OH excluding ortho intramolecular Hbond substituents is 2. The van der Waals surface area contributed by atoms with E-state index >= 15 is 0 Å². The zero-order valence-electron chi connectivity index (χ0n) is 35.0. The van der Waals surface area contributed by atoms with Crippen LogP contribution >= 0.6 is 0 Å². The van der Waals surface area contributed by atoms with Gasteiger partial charge in [0.25, 0.3) is 0 Å². The van der Waals surface area contributed by atoms with Gasteiger partial charge in [0.1, 0.15) is 53.8 Å². The van der Waals surface area contributed by atoms with Gasteiger partial charge < -0.3 is 57.4 Å². The molecule has 8 amide bonds. The molecule has 0 spiro atoms. The van der Waals surface area contributed by atoms with Crippen LogP contribution in [0, 0.1) is 11.8 Å². The Kier molecular flexibility index (Phi) is 17.0. The highest BCUT2D eigenvalue weighted by molar-refractivity contribution is 5.98. The fourth-order valence-corrected chi connectivity index (χ4v) is 7.08. The smallest absolute Gasteiger partial charge is 0.246 e. The van der Waals surface area contributed by atoms with E-state index in [1.54, 1.807) is 39.8 Å². The molecule has 19 nitrogen and oxygen atoms in total. The lowest BCUT2D eigenvalue weighted by atomic mass is 9.99. The summed E-state index contributed by atoms with van der Waals surface area (Å²) in [5.41, 5.74) is 1.02. The van der Waals surface area contributed by atoms with Crippen molar-refractivity contribution in [1.82, 2.24) is 42.1 Å². The lowest BCUT2D eigenvalue weighted by molar-refractivity contribution is -0.142. The van der Waals surface area contributed by atoms with Crippen LogP contribution in [0.5, 0.6) is 11.5 Å². The van der Waals surface area contributed by atoms with Crippen molar-refractivity contribution in [1.29, 1.82) is 0 Å². The molecule has 2 aromatic rings. The molecule has 7 atom stereocenters. The average molecular weight is 851 g/mol. The summed E-state index contributed by atoms with van der Waals surface area (Å²) in [6.07, 6.45) is 0.474. The van der Waals surface area contributed by atoms with Crippen molar-refractivity contribution in [2.24, 2.45) is 11.8 Å². The third kappa shape index (κ3) is 13.6. The van der Waals surface area contributed by atoms with E-state index in [0.29, 0.717) is 17.5 Å². The lowest BCUT2D eigenvalue weighted by Gasteiger charge is -2.30. The number of amides is 8. The zero-order chi connectivity index (χ0) is 45.0. The Morgan fingerprint density at radius 1 is 0.623 bits per heavy atom. The number of aromatic hydroxyl groups is 2. The van der Waals surface area contributed by atoms with E-state index in [9.17, 15) is 53.7 Å². The second-order valence-electron chi connectivity index (χ2n) is 16.2. The number of phenols is 2. The first-order chi connectivity index (χ1) is 28.9. The first-order valence-electron chi connectivity index (χ1n) is 20.4. The molecular formula is C42H58N8O11. The van der Waals surface area contributed by atoms with Crippen molar-refractivity contribution in [3.63, 3.8) is 0 Å². The molecule has 2 fully saturated rings. The molecule has 10 N–H and O–H groups in total. The summed E-state index contributed by atoms with van der Waals surface area (Å²) < 4.78 is 0.